The second kappa shape index (κ2) is 7.24. The summed E-state index contributed by atoms with van der Waals surface area (Å²) in [5.74, 6) is 0.139. The normalized spacial score (nSPS) is 12.2. The van der Waals surface area contributed by atoms with E-state index in [4.69, 9.17) is 22.1 Å². The molecule has 0 saturated carbocycles. The summed E-state index contributed by atoms with van der Waals surface area (Å²) < 4.78 is 5.35. The highest BCUT2D eigenvalue weighted by Gasteiger charge is 2.07. The molecule has 1 unspecified atom stereocenters. The number of primary amides is 1. The van der Waals surface area contributed by atoms with Crippen LogP contribution in [0.15, 0.2) is 18.2 Å². The third-order valence-electron chi connectivity index (χ3n) is 2.65. The fourth-order valence-corrected chi connectivity index (χ4v) is 1.60. The van der Waals surface area contributed by atoms with Crippen molar-refractivity contribution in [1.29, 1.82) is 0 Å². The van der Waals surface area contributed by atoms with E-state index in [0.29, 0.717) is 23.4 Å². The van der Waals surface area contributed by atoms with Crippen molar-refractivity contribution in [1.82, 2.24) is 5.32 Å². The lowest BCUT2D eigenvalue weighted by Crippen LogP contribution is -2.25. The van der Waals surface area contributed by atoms with Crippen LogP contribution in [0.3, 0.4) is 0 Å². The molecule has 1 atom stereocenters. The maximum atomic E-state index is 10.7. The van der Waals surface area contributed by atoms with Crippen LogP contribution in [0.1, 0.15) is 25.8 Å². The van der Waals surface area contributed by atoms with E-state index < -0.39 is 5.91 Å². The second-order valence-corrected chi connectivity index (χ2v) is 4.63. The summed E-state index contributed by atoms with van der Waals surface area (Å²) in [6, 6.07) is 5.71. The second-order valence-electron chi connectivity index (χ2n) is 4.20. The molecule has 1 amide bonds. The summed E-state index contributed by atoms with van der Waals surface area (Å²) in [5.41, 5.74) is 5.98. The molecular weight excluding hydrogens is 252 g/mol. The number of halogens is 1. The molecule has 0 aliphatic carbocycles. The standard InChI is InChI=1S/C13H19ClN2O2/c1-3-9(2)16-7-10-6-11(14)4-5-12(10)18-8-13(15)17/h4-6,9,16H,3,7-8H2,1-2H3,(H2,15,17). The summed E-state index contributed by atoms with van der Waals surface area (Å²) in [6.45, 7) is 4.73. The van der Waals surface area contributed by atoms with Crippen molar-refractivity contribution in [2.75, 3.05) is 6.61 Å². The van der Waals surface area contributed by atoms with E-state index in [9.17, 15) is 4.79 Å². The quantitative estimate of drug-likeness (QED) is 0.797. The maximum Gasteiger partial charge on any atom is 0.255 e. The van der Waals surface area contributed by atoms with E-state index in [1.54, 1.807) is 12.1 Å². The molecule has 0 aliphatic rings. The number of amides is 1. The van der Waals surface area contributed by atoms with Crippen LogP contribution < -0.4 is 15.8 Å². The molecule has 5 heteroatoms. The third kappa shape index (κ3) is 4.94. The Bertz CT molecular complexity index is 410. The van der Waals surface area contributed by atoms with Crippen LogP contribution in [0, 0.1) is 0 Å². The van der Waals surface area contributed by atoms with Gasteiger partial charge >= 0.3 is 0 Å². The first-order valence-electron chi connectivity index (χ1n) is 5.95. The van der Waals surface area contributed by atoms with Crippen LogP contribution in [-0.2, 0) is 11.3 Å². The Kier molecular flexibility index (Phi) is 5.95. The highest BCUT2D eigenvalue weighted by atomic mass is 35.5. The molecule has 4 nitrogen and oxygen atoms in total. The van der Waals surface area contributed by atoms with E-state index >= 15 is 0 Å². The van der Waals surface area contributed by atoms with Crippen molar-refractivity contribution in [3.05, 3.63) is 28.8 Å². The van der Waals surface area contributed by atoms with Crippen LogP contribution in [0.2, 0.25) is 5.02 Å². The zero-order valence-corrected chi connectivity index (χ0v) is 11.5. The monoisotopic (exact) mass is 270 g/mol. The number of benzene rings is 1. The molecule has 18 heavy (non-hydrogen) atoms. The minimum atomic E-state index is -0.495. The summed E-state index contributed by atoms with van der Waals surface area (Å²) >= 11 is 5.95. The summed E-state index contributed by atoms with van der Waals surface area (Å²) in [7, 11) is 0. The molecular formula is C13H19ClN2O2. The predicted octanol–water partition coefficient (Wildman–Crippen LogP) is 2.09. The van der Waals surface area contributed by atoms with Gasteiger partial charge in [-0.3, -0.25) is 4.79 Å². The minimum Gasteiger partial charge on any atom is -0.483 e. The summed E-state index contributed by atoms with van der Waals surface area (Å²) in [4.78, 5) is 10.7. The zero-order valence-electron chi connectivity index (χ0n) is 10.7. The van der Waals surface area contributed by atoms with Crippen molar-refractivity contribution in [3.8, 4) is 5.75 Å². The molecule has 1 rings (SSSR count). The predicted molar refractivity (Wildman–Crippen MR) is 72.7 cm³/mol. The van der Waals surface area contributed by atoms with Gasteiger partial charge in [0, 0.05) is 23.2 Å². The molecule has 3 N–H and O–H groups in total. The average molecular weight is 271 g/mol. The van der Waals surface area contributed by atoms with E-state index in [0.717, 1.165) is 12.0 Å². The molecule has 0 fully saturated rings. The molecule has 0 aromatic heterocycles. The zero-order chi connectivity index (χ0) is 13.5. The Morgan fingerprint density at radius 1 is 1.56 bits per heavy atom. The molecule has 1 aromatic carbocycles. The van der Waals surface area contributed by atoms with Crippen LogP contribution in [0.4, 0.5) is 0 Å². The Labute approximate surface area is 112 Å². The maximum absolute atomic E-state index is 10.7. The lowest BCUT2D eigenvalue weighted by Gasteiger charge is -2.14. The highest BCUT2D eigenvalue weighted by Crippen LogP contribution is 2.23. The summed E-state index contributed by atoms with van der Waals surface area (Å²) in [5, 5.41) is 3.99. The number of nitrogens with one attached hydrogen (secondary N) is 1. The number of hydrogen-bond donors (Lipinski definition) is 2. The van der Waals surface area contributed by atoms with Crippen molar-refractivity contribution in [2.45, 2.75) is 32.9 Å². The van der Waals surface area contributed by atoms with Crippen molar-refractivity contribution < 1.29 is 9.53 Å². The van der Waals surface area contributed by atoms with Crippen LogP contribution >= 0.6 is 11.6 Å². The Balaban J connectivity index is 2.73. The molecule has 1 aromatic rings. The van der Waals surface area contributed by atoms with E-state index in [2.05, 4.69) is 19.2 Å². The third-order valence-corrected chi connectivity index (χ3v) is 2.88. The van der Waals surface area contributed by atoms with Gasteiger partial charge in [0.2, 0.25) is 0 Å². The first-order chi connectivity index (χ1) is 8.52. The van der Waals surface area contributed by atoms with Gasteiger partial charge in [0.05, 0.1) is 0 Å². The topological polar surface area (TPSA) is 64.3 Å². The number of carbonyl (C=O) groups is 1. The molecule has 0 heterocycles. The fourth-order valence-electron chi connectivity index (χ4n) is 1.40. The van der Waals surface area contributed by atoms with Crippen molar-refractivity contribution in [2.24, 2.45) is 5.73 Å². The summed E-state index contributed by atoms with van der Waals surface area (Å²) in [6.07, 6.45) is 1.04. The number of nitrogens with two attached hydrogens (primary N) is 1. The van der Waals surface area contributed by atoms with Crippen molar-refractivity contribution >= 4 is 17.5 Å². The number of carbonyl (C=O) groups excluding carboxylic acids is 1. The lowest BCUT2D eigenvalue weighted by atomic mass is 10.1. The molecule has 0 aliphatic heterocycles. The first-order valence-corrected chi connectivity index (χ1v) is 6.33. The van der Waals surface area contributed by atoms with Gasteiger partial charge in [-0.25, -0.2) is 0 Å². The van der Waals surface area contributed by atoms with E-state index in [-0.39, 0.29) is 6.61 Å². The average Bonchev–Trinajstić information content (AvgIpc) is 2.34. The molecule has 100 valence electrons. The van der Waals surface area contributed by atoms with Gasteiger partial charge in [-0.05, 0) is 31.5 Å². The lowest BCUT2D eigenvalue weighted by molar-refractivity contribution is -0.119. The van der Waals surface area contributed by atoms with Crippen LogP contribution in [0.5, 0.6) is 5.75 Å². The molecule has 0 saturated heterocycles. The van der Waals surface area contributed by atoms with Gasteiger partial charge in [-0.15, -0.1) is 0 Å². The van der Waals surface area contributed by atoms with Crippen LogP contribution in [0.25, 0.3) is 0 Å². The van der Waals surface area contributed by atoms with Gasteiger partial charge in [-0.2, -0.15) is 0 Å². The van der Waals surface area contributed by atoms with Gasteiger partial charge in [0.1, 0.15) is 5.75 Å². The van der Waals surface area contributed by atoms with Gasteiger partial charge < -0.3 is 15.8 Å². The number of ether oxygens (including phenoxy) is 1. The highest BCUT2D eigenvalue weighted by molar-refractivity contribution is 6.30. The molecule has 0 bridgehead atoms. The van der Waals surface area contributed by atoms with Gasteiger partial charge in [0.15, 0.2) is 6.61 Å². The molecule has 0 radical (unpaired) electrons. The van der Waals surface area contributed by atoms with E-state index in [1.807, 2.05) is 6.07 Å². The largest absolute Gasteiger partial charge is 0.483 e. The number of hydrogen-bond acceptors (Lipinski definition) is 3. The van der Waals surface area contributed by atoms with Crippen LogP contribution in [-0.4, -0.2) is 18.6 Å². The number of rotatable bonds is 7. The smallest absolute Gasteiger partial charge is 0.255 e. The van der Waals surface area contributed by atoms with Gasteiger partial charge in [-0.1, -0.05) is 18.5 Å². The first kappa shape index (κ1) is 14.8. The van der Waals surface area contributed by atoms with Gasteiger partial charge in [0.25, 0.3) is 5.91 Å². The Hall–Kier alpha value is -1.26. The Morgan fingerprint density at radius 2 is 2.28 bits per heavy atom. The fraction of sp³-hybridized carbons (Fsp3) is 0.462. The van der Waals surface area contributed by atoms with Crippen molar-refractivity contribution in [3.63, 3.8) is 0 Å². The molecule has 0 spiro atoms. The Morgan fingerprint density at radius 3 is 2.89 bits per heavy atom. The minimum absolute atomic E-state index is 0.127. The van der Waals surface area contributed by atoms with E-state index in [1.165, 1.54) is 0 Å². The SMILES string of the molecule is CCC(C)NCc1cc(Cl)ccc1OCC(N)=O.